The summed E-state index contributed by atoms with van der Waals surface area (Å²) in [4.78, 5) is 35.1. The van der Waals surface area contributed by atoms with Gasteiger partial charge in [0.15, 0.2) is 18.0 Å². The predicted octanol–water partition coefficient (Wildman–Crippen LogP) is 4.20. The van der Waals surface area contributed by atoms with Crippen LogP contribution in [0, 0.1) is 11.8 Å². The third kappa shape index (κ3) is 4.90. The first-order valence-corrected chi connectivity index (χ1v) is 13.2. The molecule has 40 heavy (non-hydrogen) atoms. The molecule has 10 nitrogen and oxygen atoms in total. The van der Waals surface area contributed by atoms with Crippen LogP contribution >= 0.6 is 11.6 Å². The number of anilines is 1. The fourth-order valence-electron chi connectivity index (χ4n) is 5.88. The minimum absolute atomic E-state index is 0.0548. The Morgan fingerprint density at radius 3 is 2.55 bits per heavy atom. The highest BCUT2D eigenvalue weighted by Crippen LogP contribution is 2.48. The SMILES string of the molecule is C=C1[C@@H](OC(C)=O)[C@H](n2ncc3c(N4CC5CC(F)(F)CC5C4)nc(Cl)nc32)O[C@@H]1COC(=O)c1ccccc1. The van der Waals surface area contributed by atoms with E-state index in [9.17, 15) is 18.4 Å². The van der Waals surface area contributed by atoms with Crippen LogP contribution in [-0.4, -0.2) is 69.5 Å². The number of fused-ring (bicyclic) bond motifs is 2. The Kier molecular flexibility index (Phi) is 6.70. The summed E-state index contributed by atoms with van der Waals surface area (Å²) in [5.74, 6) is -3.51. The molecule has 0 spiro atoms. The molecule has 2 aliphatic heterocycles. The number of carbonyl (C=O) groups is 2. The van der Waals surface area contributed by atoms with E-state index in [2.05, 4.69) is 21.6 Å². The first kappa shape index (κ1) is 26.6. The predicted molar refractivity (Wildman–Crippen MR) is 139 cm³/mol. The van der Waals surface area contributed by atoms with Crippen molar-refractivity contribution >= 4 is 40.4 Å². The molecule has 13 heteroatoms. The van der Waals surface area contributed by atoms with Crippen molar-refractivity contribution in [1.29, 1.82) is 0 Å². The molecule has 3 aromatic rings. The topological polar surface area (TPSA) is 109 Å². The summed E-state index contributed by atoms with van der Waals surface area (Å²) in [5.41, 5.74) is 1.08. The Morgan fingerprint density at radius 1 is 1.18 bits per heavy atom. The summed E-state index contributed by atoms with van der Waals surface area (Å²) in [6.45, 7) is 5.99. The van der Waals surface area contributed by atoms with E-state index >= 15 is 0 Å². The highest BCUT2D eigenvalue weighted by atomic mass is 35.5. The third-order valence-electron chi connectivity index (χ3n) is 7.65. The fraction of sp³-hybridized carbons (Fsp3) is 0.444. The normalized spacial score (nSPS) is 27.2. The molecule has 6 rings (SSSR count). The number of nitrogens with zero attached hydrogens (tertiary/aromatic N) is 5. The molecule has 4 heterocycles. The molecule has 0 amide bonds. The van der Waals surface area contributed by atoms with Gasteiger partial charge in [-0.25, -0.2) is 18.3 Å². The van der Waals surface area contributed by atoms with Crippen molar-refractivity contribution in [3.8, 4) is 0 Å². The standard InChI is InChI=1S/C27H26ClF2N5O5/c1-14-20(13-38-25(37)16-6-4-3-5-7-16)40-24(21(14)39-15(2)36)35-23-19(10-31-35)22(32-26(28)33-23)34-11-17-8-27(29,30)9-18(17)12-34/h3-7,10,17-18,20-21,24H,1,8-9,11-13H2,2H3/t17?,18?,20-,21-,24-/m1/s1. The van der Waals surface area contributed by atoms with Crippen LogP contribution in [-0.2, 0) is 19.0 Å². The second-order valence-electron chi connectivity index (χ2n) is 10.4. The molecule has 0 bridgehead atoms. The van der Waals surface area contributed by atoms with E-state index < -0.39 is 36.3 Å². The molecule has 0 N–H and O–H groups in total. The number of alkyl halides is 2. The summed E-state index contributed by atoms with van der Waals surface area (Å²) in [6, 6.07) is 8.50. The summed E-state index contributed by atoms with van der Waals surface area (Å²) in [5, 5.41) is 4.95. The molecular weight excluding hydrogens is 548 g/mol. The van der Waals surface area contributed by atoms with Crippen LogP contribution in [0.2, 0.25) is 5.28 Å². The van der Waals surface area contributed by atoms with Crippen LogP contribution < -0.4 is 4.90 Å². The van der Waals surface area contributed by atoms with Crippen LogP contribution in [0.25, 0.3) is 11.0 Å². The van der Waals surface area contributed by atoms with Crippen molar-refractivity contribution in [1.82, 2.24) is 19.7 Å². The third-order valence-corrected chi connectivity index (χ3v) is 7.82. The van der Waals surface area contributed by atoms with E-state index in [1.54, 1.807) is 36.5 Å². The molecule has 5 atom stereocenters. The van der Waals surface area contributed by atoms with Gasteiger partial charge < -0.3 is 19.1 Å². The van der Waals surface area contributed by atoms with Gasteiger partial charge in [-0.3, -0.25) is 4.79 Å². The Hall–Kier alpha value is -3.64. The van der Waals surface area contributed by atoms with E-state index in [-0.39, 0.29) is 36.6 Å². The lowest BCUT2D eigenvalue weighted by atomic mass is 10.0. The van der Waals surface area contributed by atoms with Crippen LogP contribution in [0.15, 0.2) is 48.7 Å². The molecule has 0 radical (unpaired) electrons. The van der Waals surface area contributed by atoms with Gasteiger partial charge in [-0.05, 0) is 41.1 Å². The number of carbonyl (C=O) groups excluding carboxylic acids is 2. The molecule has 1 aliphatic carbocycles. The smallest absolute Gasteiger partial charge is 0.338 e. The zero-order valence-corrected chi connectivity index (χ0v) is 22.3. The van der Waals surface area contributed by atoms with Crippen LogP contribution in [0.1, 0.15) is 36.4 Å². The molecule has 2 unspecified atom stereocenters. The van der Waals surface area contributed by atoms with E-state index in [0.717, 1.165) is 0 Å². The monoisotopic (exact) mass is 573 g/mol. The first-order chi connectivity index (χ1) is 19.1. The number of hydrogen-bond acceptors (Lipinski definition) is 9. The van der Waals surface area contributed by atoms with Crippen LogP contribution in [0.5, 0.6) is 0 Å². The number of rotatable bonds is 6. The van der Waals surface area contributed by atoms with Gasteiger partial charge in [0.2, 0.25) is 11.2 Å². The number of ether oxygens (including phenoxy) is 3. The van der Waals surface area contributed by atoms with Gasteiger partial charge in [0.25, 0.3) is 0 Å². The lowest BCUT2D eigenvalue weighted by molar-refractivity contribution is -0.151. The van der Waals surface area contributed by atoms with Gasteiger partial charge in [-0.15, -0.1) is 0 Å². The minimum atomic E-state index is -2.63. The first-order valence-electron chi connectivity index (χ1n) is 12.9. The average Bonchev–Trinajstić information content (AvgIpc) is 3.63. The van der Waals surface area contributed by atoms with Gasteiger partial charge in [0, 0.05) is 32.9 Å². The van der Waals surface area contributed by atoms with Gasteiger partial charge in [-0.1, -0.05) is 24.8 Å². The number of aromatic nitrogens is 4. The second kappa shape index (κ2) is 10.1. The lowest BCUT2D eigenvalue weighted by Gasteiger charge is -2.22. The molecule has 3 fully saturated rings. The maximum atomic E-state index is 13.9. The van der Waals surface area contributed by atoms with Crippen molar-refractivity contribution in [3.05, 3.63) is 59.5 Å². The van der Waals surface area contributed by atoms with E-state index in [4.69, 9.17) is 25.8 Å². The van der Waals surface area contributed by atoms with Crippen molar-refractivity contribution < 1.29 is 32.6 Å². The van der Waals surface area contributed by atoms with Gasteiger partial charge in [-0.2, -0.15) is 15.1 Å². The molecule has 1 aromatic carbocycles. The van der Waals surface area contributed by atoms with Crippen molar-refractivity contribution in [2.45, 2.75) is 44.1 Å². The van der Waals surface area contributed by atoms with Crippen LogP contribution in [0.4, 0.5) is 14.6 Å². The number of benzene rings is 1. The Balaban J connectivity index is 1.26. The molecule has 1 saturated carbocycles. The van der Waals surface area contributed by atoms with Crippen LogP contribution in [0.3, 0.4) is 0 Å². The largest absolute Gasteiger partial charge is 0.459 e. The average molecular weight is 574 g/mol. The Morgan fingerprint density at radius 2 is 1.88 bits per heavy atom. The highest BCUT2D eigenvalue weighted by Gasteiger charge is 2.51. The zero-order valence-electron chi connectivity index (χ0n) is 21.5. The van der Waals surface area contributed by atoms with Crippen molar-refractivity contribution in [2.24, 2.45) is 11.8 Å². The highest BCUT2D eigenvalue weighted by molar-refractivity contribution is 6.28. The van der Waals surface area contributed by atoms with E-state index in [1.165, 1.54) is 11.6 Å². The Bertz CT molecular complexity index is 1470. The van der Waals surface area contributed by atoms with Gasteiger partial charge in [0.1, 0.15) is 18.5 Å². The summed E-state index contributed by atoms with van der Waals surface area (Å²) < 4.78 is 46.4. The van der Waals surface area contributed by atoms with Gasteiger partial charge in [0.05, 0.1) is 17.1 Å². The summed E-state index contributed by atoms with van der Waals surface area (Å²) in [7, 11) is 0. The van der Waals surface area contributed by atoms with Crippen molar-refractivity contribution in [3.63, 3.8) is 0 Å². The molecule has 2 saturated heterocycles. The van der Waals surface area contributed by atoms with E-state index in [0.29, 0.717) is 41.1 Å². The minimum Gasteiger partial charge on any atom is -0.459 e. The van der Waals surface area contributed by atoms with E-state index in [1.807, 2.05) is 4.90 Å². The molecule has 3 aliphatic rings. The number of halogens is 3. The van der Waals surface area contributed by atoms with Crippen molar-refractivity contribution in [2.75, 3.05) is 24.6 Å². The fourth-order valence-corrected chi connectivity index (χ4v) is 6.04. The summed E-state index contributed by atoms with van der Waals surface area (Å²) >= 11 is 6.31. The Labute approximate surface area is 232 Å². The van der Waals surface area contributed by atoms with Gasteiger partial charge >= 0.3 is 11.9 Å². The number of hydrogen-bond donors (Lipinski definition) is 0. The molecule has 210 valence electrons. The molecule has 2 aromatic heterocycles. The molecular formula is C27H26ClF2N5O5. The number of esters is 2. The summed E-state index contributed by atoms with van der Waals surface area (Å²) in [6.07, 6.45) is -1.47. The quantitative estimate of drug-likeness (QED) is 0.243. The lowest BCUT2D eigenvalue weighted by Crippen LogP contribution is -2.27. The maximum absolute atomic E-state index is 13.9. The maximum Gasteiger partial charge on any atom is 0.338 e. The zero-order chi connectivity index (χ0) is 28.2. The second-order valence-corrected chi connectivity index (χ2v) is 10.8.